The van der Waals surface area contributed by atoms with Crippen molar-refractivity contribution >= 4 is 28.8 Å². The van der Waals surface area contributed by atoms with Gasteiger partial charge < -0.3 is 10.4 Å². The number of alkyl halides is 3. The molecule has 2 heterocycles. The number of nitrogens with one attached hydrogen (secondary N) is 2. The van der Waals surface area contributed by atoms with Crippen LogP contribution in [0.5, 0.6) is 0 Å². The Morgan fingerprint density at radius 3 is 2.36 bits per heavy atom. The smallest absolute Gasteiger partial charge is 0.360 e. The Bertz CT molecular complexity index is 847. The van der Waals surface area contributed by atoms with Crippen molar-refractivity contribution < 1.29 is 27.9 Å². The summed E-state index contributed by atoms with van der Waals surface area (Å²) in [4.78, 5) is 24.5. The second-order valence-electron chi connectivity index (χ2n) is 5.21. The number of thiophene rings is 1. The predicted octanol–water partition coefficient (Wildman–Crippen LogP) is 2.91. The van der Waals surface area contributed by atoms with Gasteiger partial charge in [-0.15, -0.1) is 11.3 Å². The Morgan fingerprint density at radius 1 is 1.12 bits per heavy atom. The number of amides is 2. The first-order chi connectivity index (χ1) is 11.7. The number of benzene rings is 1. The van der Waals surface area contributed by atoms with Gasteiger partial charge in [-0.2, -0.15) is 13.2 Å². The lowest BCUT2D eigenvalue weighted by atomic mass is 9.90. The molecule has 1 aromatic carbocycles. The third-order valence-electron chi connectivity index (χ3n) is 3.59. The third kappa shape index (κ3) is 2.92. The molecule has 3 N–H and O–H groups in total. The Balaban J connectivity index is 2.30. The van der Waals surface area contributed by atoms with Gasteiger partial charge in [0.25, 0.3) is 5.72 Å². The van der Waals surface area contributed by atoms with E-state index < -0.39 is 29.3 Å². The van der Waals surface area contributed by atoms with E-state index in [0.29, 0.717) is 0 Å². The van der Waals surface area contributed by atoms with E-state index in [-0.39, 0.29) is 16.1 Å². The zero-order valence-electron chi connectivity index (χ0n) is 12.4. The summed E-state index contributed by atoms with van der Waals surface area (Å²) in [6.07, 6.45) is -5.30. The summed E-state index contributed by atoms with van der Waals surface area (Å²) in [5.74, 6) is -1.03. The Kier molecular flexibility index (Phi) is 4.13. The van der Waals surface area contributed by atoms with E-state index in [1.165, 1.54) is 47.1 Å². The number of hydrogen-bond acceptors (Lipinski definition) is 4. The molecule has 1 aliphatic rings. The Morgan fingerprint density at radius 2 is 1.80 bits per heavy atom. The summed E-state index contributed by atoms with van der Waals surface area (Å²) in [6, 6.07) is 9.15. The summed E-state index contributed by atoms with van der Waals surface area (Å²) >= 11 is 0.931. The predicted molar refractivity (Wildman–Crippen MR) is 84.7 cm³/mol. The highest BCUT2D eigenvalue weighted by molar-refractivity contribution is 7.12. The summed E-state index contributed by atoms with van der Waals surface area (Å²) < 4.78 is 40.7. The molecule has 0 saturated heterocycles. The van der Waals surface area contributed by atoms with Gasteiger partial charge in [-0.1, -0.05) is 36.4 Å². The highest BCUT2D eigenvalue weighted by Gasteiger charge is 2.62. The first kappa shape index (κ1) is 17.2. The second-order valence-corrected chi connectivity index (χ2v) is 6.16. The third-order valence-corrected chi connectivity index (χ3v) is 4.46. The van der Waals surface area contributed by atoms with Gasteiger partial charge >= 0.3 is 12.2 Å². The van der Waals surface area contributed by atoms with Gasteiger partial charge in [-0.25, -0.2) is 4.79 Å². The van der Waals surface area contributed by atoms with Gasteiger partial charge in [0.05, 0.1) is 16.1 Å². The summed E-state index contributed by atoms with van der Waals surface area (Å²) in [5, 5.41) is 15.4. The van der Waals surface area contributed by atoms with Crippen LogP contribution in [0.4, 0.5) is 18.0 Å². The van der Waals surface area contributed by atoms with Crippen LogP contribution >= 0.6 is 11.3 Å². The first-order valence-corrected chi connectivity index (χ1v) is 7.88. The molecule has 9 heteroatoms. The van der Waals surface area contributed by atoms with Crippen molar-refractivity contribution in [3.8, 4) is 0 Å². The van der Waals surface area contributed by atoms with E-state index in [9.17, 15) is 27.9 Å². The molecule has 0 fully saturated rings. The zero-order chi connectivity index (χ0) is 18.2. The Hall–Kier alpha value is -2.65. The van der Waals surface area contributed by atoms with Crippen LogP contribution in [0.1, 0.15) is 15.2 Å². The minimum atomic E-state index is -5.30. The molecule has 0 aliphatic carbocycles. The fourth-order valence-corrected chi connectivity index (χ4v) is 3.13. The van der Waals surface area contributed by atoms with Crippen LogP contribution in [0.3, 0.4) is 0 Å². The highest BCUT2D eigenvalue weighted by Crippen LogP contribution is 2.40. The molecule has 2 amide bonds. The summed E-state index contributed by atoms with van der Waals surface area (Å²) in [5.41, 5.74) is -5.00. The molecule has 25 heavy (non-hydrogen) atoms. The van der Waals surface area contributed by atoms with Crippen molar-refractivity contribution in [3.05, 3.63) is 63.9 Å². The number of hydrogen-bond donors (Lipinski definition) is 3. The maximum absolute atomic E-state index is 13.6. The van der Waals surface area contributed by atoms with E-state index in [2.05, 4.69) is 5.32 Å². The number of halogens is 3. The molecule has 2 aromatic rings. The topological polar surface area (TPSA) is 78.4 Å². The van der Waals surface area contributed by atoms with Crippen molar-refractivity contribution in [2.45, 2.75) is 11.9 Å². The van der Waals surface area contributed by atoms with Crippen LogP contribution in [-0.2, 0) is 0 Å². The fraction of sp³-hybridized carbons (Fsp3) is 0.125. The van der Waals surface area contributed by atoms with E-state index in [4.69, 9.17) is 0 Å². The number of rotatable bonds is 3. The van der Waals surface area contributed by atoms with Crippen LogP contribution in [-0.4, -0.2) is 28.8 Å². The maximum Gasteiger partial charge on any atom is 0.441 e. The molecular formula is C16H11F3N2O3S. The quantitative estimate of drug-likeness (QED) is 0.729. The Labute approximate surface area is 143 Å². The standard InChI is InChI=1S/C16H11F3N2O3S/c17-16(18,19)15(24)11(13(22)10-7-4-8-25-10)12(20-14(23)21-15)9-5-2-1-3-6-9/h1-8,24H,(H2,20,21,23). The zero-order valence-corrected chi connectivity index (χ0v) is 13.2. The number of Topliss-reactive ketones (excluding diaryl/α,β-unsaturated/α-hetero) is 1. The number of aliphatic hydroxyl groups is 1. The molecule has 1 aromatic heterocycles. The average Bonchev–Trinajstić information content (AvgIpc) is 3.08. The van der Waals surface area contributed by atoms with Gasteiger partial charge in [0, 0.05) is 0 Å². The van der Waals surface area contributed by atoms with Crippen LogP contribution < -0.4 is 10.6 Å². The molecule has 1 atom stereocenters. The lowest BCUT2D eigenvalue weighted by Gasteiger charge is -2.37. The van der Waals surface area contributed by atoms with E-state index >= 15 is 0 Å². The fourth-order valence-electron chi connectivity index (χ4n) is 2.46. The molecule has 130 valence electrons. The SMILES string of the molecule is O=C1NC(c2ccccc2)=C(C(=O)c2cccs2)C(O)(C(F)(F)F)N1. The van der Waals surface area contributed by atoms with Gasteiger partial charge in [0.2, 0.25) is 5.78 Å². The lowest BCUT2D eigenvalue weighted by molar-refractivity contribution is -0.250. The first-order valence-electron chi connectivity index (χ1n) is 7.00. The molecule has 5 nitrogen and oxygen atoms in total. The van der Waals surface area contributed by atoms with Gasteiger partial charge in [0.15, 0.2) is 0 Å². The van der Waals surface area contributed by atoms with Crippen molar-refractivity contribution in [2.24, 2.45) is 0 Å². The van der Waals surface area contributed by atoms with Crippen molar-refractivity contribution in [1.29, 1.82) is 0 Å². The van der Waals surface area contributed by atoms with Crippen molar-refractivity contribution in [2.75, 3.05) is 0 Å². The normalized spacial score (nSPS) is 20.9. The molecule has 1 aliphatic heterocycles. The van der Waals surface area contributed by atoms with E-state index in [1.807, 2.05) is 0 Å². The molecule has 3 rings (SSSR count). The average molecular weight is 368 g/mol. The minimum absolute atomic E-state index is 0.00375. The van der Waals surface area contributed by atoms with Gasteiger partial charge in [-0.05, 0) is 17.0 Å². The minimum Gasteiger partial charge on any atom is -0.360 e. The molecule has 0 spiro atoms. The highest BCUT2D eigenvalue weighted by atomic mass is 32.1. The molecule has 0 bridgehead atoms. The van der Waals surface area contributed by atoms with Crippen LogP contribution in [0, 0.1) is 0 Å². The van der Waals surface area contributed by atoms with E-state index in [0.717, 1.165) is 11.3 Å². The summed E-state index contributed by atoms with van der Waals surface area (Å²) in [6.45, 7) is 0. The van der Waals surface area contributed by atoms with Crippen molar-refractivity contribution in [3.63, 3.8) is 0 Å². The number of carbonyl (C=O) groups is 2. The number of ketones is 1. The maximum atomic E-state index is 13.6. The van der Waals surface area contributed by atoms with E-state index in [1.54, 1.807) is 6.07 Å². The van der Waals surface area contributed by atoms with Crippen LogP contribution in [0.2, 0.25) is 0 Å². The molecule has 1 unspecified atom stereocenters. The number of urea groups is 1. The number of carbonyl (C=O) groups excluding carboxylic acids is 2. The second kappa shape index (κ2) is 6.01. The van der Waals surface area contributed by atoms with Crippen molar-refractivity contribution in [1.82, 2.24) is 10.6 Å². The molecule has 0 saturated carbocycles. The van der Waals surface area contributed by atoms with Crippen LogP contribution in [0.25, 0.3) is 5.70 Å². The monoisotopic (exact) mass is 368 g/mol. The van der Waals surface area contributed by atoms with Gasteiger partial charge in [0.1, 0.15) is 0 Å². The lowest BCUT2D eigenvalue weighted by Crippen LogP contribution is -2.66. The molecule has 0 radical (unpaired) electrons. The largest absolute Gasteiger partial charge is 0.441 e. The van der Waals surface area contributed by atoms with Gasteiger partial charge in [-0.3, -0.25) is 10.1 Å². The van der Waals surface area contributed by atoms with Crippen LogP contribution in [0.15, 0.2) is 53.4 Å². The molecular weight excluding hydrogens is 357 g/mol. The summed E-state index contributed by atoms with van der Waals surface area (Å²) in [7, 11) is 0.